The summed E-state index contributed by atoms with van der Waals surface area (Å²) in [6.07, 6.45) is 4.40. The highest BCUT2D eigenvalue weighted by atomic mass is 19.1. The van der Waals surface area contributed by atoms with Gasteiger partial charge in [-0.1, -0.05) is 18.2 Å². The van der Waals surface area contributed by atoms with E-state index in [0.717, 1.165) is 11.3 Å². The molecule has 2 heterocycles. The number of aromatic nitrogens is 3. The minimum Gasteiger partial charge on any atom is -0.309 e. The van der Waals surface area contributed by atoms with Crippen molar-refractivity contribution in [1.82, 2.24) is 14.8 Å². The first kappa shape index (κ1) is 15.9. The lowest BCUT2D eigenvalue weighted by atomic mass is 10.1. The maximum absolute atomic E-state index is 12.8. The first-order chi connectivity index (χ1) is 11.7. The molecule has 3 aromatic rings. The van der Waals surface area contributed by atoms with Crippen molar-refractivity contribution < 1.29 is 9.18 Å². The summed E-state index contributed by atoms with van der Waals surface area (Å²) in [5, 5.41) is 7.07. The van der Waals surface area contributed by atoms with E-state index in [-0.39, 0.29) is 11.7 Å². The lowest BCUT2D eigenvalue weighted by Gasteiger charge is -2.03. The Hall–Kier alpha value is -3.02. The van der Waals surface area contributed by atoms with Gasteiger partial charge >= 0.3 is 0 Å². The molecule has 122 valence electrons. The number of hydrogen-bond donors (Lipinski definition) is 1. The Bertz CT molecular complexity index is 799. The molecular weight excluding hydrogens is 307 g/mol. The fourth-order valence-corrected chi connectivity index (χ4v) is 2.29. The topological polar surface area (TPSA) is 59.8 Å². The number of nitrogens with zero attached hydrogens (tertiary/aromatic N) is 3. The van der Waals surface area contributed by atoms with Gasteiger partial charge in [-0.3, -0.25) is 14.5 Å². The normalized spacial score (nSPS) is 10.5. The van der Waals surface area contributed by atoms with Crippen LogP contribution in [0.2, 0.25) is 0 Å². The predicted molar refractivity (Wildman–Crippen MR) is 88.9 cm³/mol. The van der Waals surface area contributed by atoms with Gasteiger partial charge in [-0.05, 0) is 36.2 Å². The van der Waals surface area contributed by atoms with Gasteiger partial charge in [0.15, 0.2) is 5.82 Å². The van der Waals surface area contributed by atoms with Gasteiger partial charge < -0.3 is 5.32 Å². The minimum absolute atomic E-state index is 0.123. The molecule has 24 heavy (non-hydrogen) atoms. The molecule has 0 bridgehead atoms. The molecule has 0 unspecified atom stereocenters. The van der Waals surface area contributed by atoms with Gasteiger partial charge in [-0.25, -0.2) is 4.39 Å². The first-order valence-electron chi connectivity index (χ1n) is 7.67. The smallest absolute Gasteiger partial charge is 0.225 e. The van der Waals surface area contributed by atoms with E-state index < -0.39 is 0 Å². The van der Waals surface area contributed by atoms with Crippen molar-refractivity contribution in [3.05, 3.63) is 78.0 Å². The van der Waals surface area contributed by atoms with Crippen LogP contribution in [0.3, 0.4) is 0 Å². The Labute approximate surface area is 139 Å². The number of carbonyl (C=O) groups is 1. The first-order valence-corrected chi connectivity index (χ1v) is 7.67. The summed E-state index contributed by atoms with van der Waals surface area (Å²) >= 11 is 0. The summed E-state index contributed by atoms with van der Waals surface area (Å²) in [5.41, 5.74) is 1.82. The van der Waals surface area contributed by atoms with Gasteiger partial charge in [-0.2, -0.15) is 5.10 Å². The molecule has 0 spiro atoms. The molecule has 1 aromatic carbocycles. The van der Waals surface area contributed by atoms with E-state index in [2.05, 4.69) is 15.4 Å². The van der Waals surface area contributed by atoms with Crippen molar-refractivity contribution in [1.29, 1.82) is 0 Å². The number of aryl methyl sites for hydroxylation is 1. The molecule has 1 N–H and O–H groups in total. The zero-order valence-electron chi connectivity index (χ0n) is 13.0. The summed E-state index contributed by atoms with van der Waals surface area (Å²) in [4.78, 5) is 16.2. The van der Waals surface area contributed by atoms with Crippen molar-refractivity contribution in [3.8, 4) is 0 Å². The van der Waals surface area contributed by atoms with Crippen LogP contribution >= 0.6 is 0 Å². The van der Waals surface area contributed by atoms with Gasteiger partial charge in [0.1, 0.15) is 5.82 Å². The standard InChI is InChI=1S/C18H17FN4O/c19-15-7-4-14(5-8-15)6-9-18(24)21-17-10-12-23(22-17)13-16-3-1-2-11-20-16/h1-5,7-8,10-12H,6,9,13H2,(H,21,22,24). The second kappa shape index (κ2) is 7.50. The molecule has 3 rings (SSSR count). The molecule has 0 saturated carbocycles. The van der Waals surface area contributed by atoms with E-state index in [1.54, 1.807) is 35.3 Å². The van der Waals surface area contributed by atoms with E-state index >= 15 is 0 Å². The quantitative estimate of drug-likeness (QED) is 0.758. The third-order valence-electron chi connectivity index (χ3n) is 3.51. The van der Waals surface area contributed by atoms with E-state index in [0.29, 0.717) is 25.2 Å². The van der Waals surface area contributed by atoms with Crippen molar-refractivity contribution in [2.24, 2.45) is 0 Å². The summed E-state index contributed by atoms with van der Waals surface area (Å²) in [7, 11) is 0. The maximum atomic E-state index is 12.8. The zero-order valence-corrected chi connectivity index (χ0v) is 13.0. The Morgan fingerprint density at radius 2 is 1.96 bits per heavy atom. The zero-order chi connectivity index (χ0) is 16.8. The van der Waals surface area contributed by atoms with Crippen LogP contribution in [0.1, 0.15) is 17.7 Å². The number of anilines is 1. The fraction of sp³-hybridized carbons (Fsp3) is 0.167. The number of amides is 1. The monoisotopic (exact) mass is 324 g/mol. The Kier molecular flexibility index (Phi) is 4.96. The largest absolute Gasteiger partial charge is 0.309 e. The van der Waals surface area contributed by atoms with E-state index in [4.69, 9.17) is 0 Å². The highest BCUT2D eigenvalue weighted by molar-refractivity contribution is 5.89. The molecule has 1 amide bonds. The molecule has 0 aliphatic carbocycles. The third-order valence-corrected chi connectivity index (χ3v) is 3.51. The van der Waals surface area contributed by atoms with Crippen LogP contribution in [-0.2, 0) is 17.8 Å². The highest BCUT2D eigenvalue weighted by Crippen LogP contribution is 2.08. The summed E-state index contributed by atoms with van der Waals surface area (Å²) in [5.74, 6) is 0.110. The molecule has 0 aliphatic heterocycles. The lowest BCUT2D eigenvalue weighted by molar-refractivity contribution is -0.116. The van der Waals surface area contributed by atoms with Crippen molar-refractivity contribution in [2.45, 2.75) is 19.4 Å². The average Bonchev–Trinajstić information content (AvgIpc) is 3.02. The maximum Gasteiger partial charge on any atom is 0.225 e. The second-order valence-corrected chi connectivity index (χ2v) is 5.39. The van der Waals surface area contributed by atoms with Crippen LogP contribution < -0.4 is 5.32 Å². The summed E-state index contributed by atoms with van der Waals surface area (Å²) in [6, 6.07) is 13.6. The van der Waals surface area contributed by atoms with Crippen LogP contribution in [0.4, 0.5) is 10.2 Å². The van der Waals surface area contributed by atoms with Crippen LogP contribution in [0.25, 0.3) is 0 Å². The number of pyridine rings is 1. The van der Waals surface area contributed by atoms with Gasteiger partial charge in [0, 0.05) is 24.9 Å². The average molecular weight is 324 g/mol. The second-order valence-electron chi connectivity index (χ2n) is 5.39. The van der Waals surface area contributed by atoms with Crippen molar-refractivity contribution in [2.75, 3.05) is 5.32 Å². The van der Waals surface area contributed by atoms with E-state index in [9.17, 15) is 9.18 Å². The van der Waals surface area contributed by atoms with E-state index in [1.165, 1.54) is 12.1 Å². The summed E-state index contributed by atoms with van der Waals surface area (Å²) < 4.78 is 14.6. The molecular formula is C18H17FN4O. The summed E-state index contributed by atoms with van der Waals surface area (Å²) in [6.45, 7) is 0.548. The molecule has 2 aromatic heterocycles. The van der Waals surface area contributed by atoms with Gasteiger partial charge in [0.25, 0.3) is 0 Å². The highest BCUT2D eigenvalue weighted by Gasteiger charge is 2.06. The van der Waals surface area contributed by atoms with Gasteiger partial charge in [-0.15, -0.1) is 0 Å². The minimum atomic E-state index is -0.276. The Balaban J connectivity index is 1.50. The van der Waals surface area contributed by atoms with Gasteiger partial charge in [0.05, 0.1) is 12.2 Å². The third kappa shape index (κ3) is 4.49. The van der Waals surface area contributed by atoms with E-state index in [1.807, 2.05) is 18.2 Å². The molecule has 0 aliphatic rings. The van der Waals surface area contributed by atoms with Crippen molar-refractivity contribution in [3.63, 3.8) is 0 Å². The lowest BCUT2D eigenvalue weighted by Crippen LogP contribution is -2.13. The Morgan fingerprint density at radius 3 is 2.71 bits per heavy atom. The molecule has 0 saturated heterocycles. The number of carbonyl (C=O) groups excluding carboxylic acids is 1. The number of nitrogens with one attached hydrogen (secondary N) is 1. The van der Waals surface area contributed by atoms with Gasteiger partial charge in [0.2, 0.25) is 5.91 Å². The number of rotatable bonds is 6. The predicted octanol–water partition coefficient (Wildman–Crippen LogP) is 3.04. The molecule has 6 heteroatoms. The fourth-order valence-electron chi connectivity index (χ4n) is 2.29. The van der Waals surface area contributed by atoms with Crippen LogP contribution in [0, 0.1) is 5.82 Å². The Morgan fingerprint density at radius 1 is 1.12 bits per heavy atom. The van der Waals surface area contributed by atoms with Crippen LogP contribution in [-0.4, -0.2) is 20.7 Å². The number of hydrogen-bond acceptors (Lipinski definition) is 3. The number of halogens is 1. The molecule has 0 radical (unpaired) electrons. The SMILES string of the molecule is O=C(CCc1ccc(F)cc1)Nc1ccn(Cc2ccccn2)n1. The van der Waals surface area contributed by atoms with Crippen LogP contribution in [0.15, 0.2) is 60.9 Å². The van der Waals surface area contributed by atoms with Crippen molar-refractivity contribution >= 4 is 11.7 Å². The van der Waals surface area contributed by atoms with Crippen LogP contribution in [0.5, 0.6) is 0 Å². The number of benzene rings is 1. The molecule has 0 atom stereocenters. The molecule has 5 nitrogen and oxygen atoms in total. The molecule has 0 fully saturated rings.